The Hall–Kier alpha value is 0.130. The molecule has 4 unspecified atom stereocenters. The fourth-order valence-electron chi connectivity index (χ4n) is 9.74. The van der Waals surface area contributed by atoms with E-state index in [1.807, 2.05) is 0 Å². The van der Waals surface area contributed by atoms with Crippen LogP contribution in [-0.2, 0) is 4.52 Å². The summed E-state index contributed by atoms with van der Waals surface area (Å²) in [5.74, 6) is 7.33. The maximum atomic E-state index is 6.26. The van der Waals surface area contributed by atoms with Gasteiger partial charge in [0, 0.05) is 9.47 Å². The van der Waals surface area contributed by atoms with Crippen molar-refractivity contribution in [2.75, 3.05) is 0 Å². The van der Waals surface area contributed by atoms with E-state index in [1.165, 1.54) is 57.8 Å². The summed E-state index contributed by atoms with van der Waals surface area (Å²) in [6.07, 6.45) is 18.3. The minimum Gasteiger partial charge on any atom is -0.362 e. The van der Waals surface area contributed by atoms with E-state index in [4.69, 9.17) is 4.52 Å². The van der Waals surface area contributed by atoms with E-state index in [2.05, 4.69) is 70.1 Å². The Morgan fingerprint density at radius 2 is 1.62 bits per heavy atom. The molecule has 0 saturated heterocycles. The topological polar surface area (TPSA) is 9.23 Å². The van der Waals surface area contributed by atoms with Gasteiger partial charge in [-0.25, -0.2) is 0 Å². The van der Waals surface area contributed by atoms with E-state index < -0.39 is 0 Å². The molecule has 0 heterocycles. The van der Waals surface area contributed by atoms with Crippen LogP contribution in [0.4, 0.5) is 0 Å². The summed E-state index contributed by atoms with van der Waals surface area (Å²) in [6.45, 7) is 17.5. The monoisotopic (exact) mass is 460 g/mol. The molecule has 0 aromatic rings. The quantitative estimate of drug-likeness (QED) is 0.284. The Morgan fingerprint density at radius 3 is 2.28 bits per heavy atom. The summed E-state index contributed by atoms with van der Waals surface area (Å²) < 4.78 is 6.26. The highest BCUT2D eigenvalue weighted by Crippen LogP contribution is 2.69. The molecule has 4 saturated carbocycles. The lowest BCUT2D eigenvalue weighted by atomic mass is 9.43. The summed E-state index contributed by atoms with van der Waals surface area (Å²) in [4.78, 5) is 0. The van der Waals surface area contributed by atoms with Crippen LogP contribution in [0.25, 0.3) is 0 Å². The molecule has 184 valence electrons. The molecule has 0 bridgehead atoms. The van der Waals surface area contributed by atoms with Crippen molar-refractivity contribution in [1.82, 2.24) is 0 Å². The summed E-state index contributed by atoms with van der Waals surface area (Å²) in [7, 11) is 2.69. The van der Waals surface area contributed by atoms with Gasteiger partial charge in [-0.2, -0.15) is 0 Å². The molecule has 0 aromatic carbocycles. The molecular weight excluding hydrogens is 407 g/mol. The van der Waals surface area contributed by atoms with E-state index in [0.717, 1.165) is 47.3 Å². The highest BCUT2D eigenvalue weighted by Gasteiger charge is 2.63. The molecule has 32 heavy (non-hydrogen) atoms. The first-order chi connectivity index (χ1) is 15.2. The van der Waals surface area contributed by atoms with Gasteiger partial charge >= 0.3 is 0 Å². The van der Waals surface area contributed by atoms with Crippen molar-refractivity contribution in [2.45, 2.75) is 112 Å². The van der Waals surface area contributed by atoms with Gasteiger partial charge < -0.3 is 4.52 Å². The predicted octanol–water partition coefficient (Wildman–Crippen LogP) is 8.94. The van der Waals surface area contributed by atoms with Crippen molar-refractivity contribution in [2.24, 2.45) is 64.1 Å². The van der Waals surface area contributed by atoms with E-state index in [0.29, 0.717) is 22.9 Å². The summed E-state index contributed by atoms with van der Waals surface area (Å²) in [5.41, 5.74) is 1.06. The van der Waals surface area contributed by atoms with Crippen LogP contribution in [0.2, 0.25) is 0 Å². The first-order valence-electron chi connectivity index (χ1n) is 14.2. The first-order valence-corrected chi connectivity index (χ1v) is 14.7. The van der Waals surface area contributed by atoms with Gasteiger partial charge in [-0.1, -0.05) is 67.0 Å². The summed E-state index contributed by atoms with van der Waals surface area (Å²) in [6, 6.07) is 0. The first kappa shape index (κ1) is 25.2. The summed E-state index contributed by atoms with van der Waals surface area (Å²) >= 11 is 0. The normalized spacial score (nSPS) is 48.3. The van der Waals surface area contributed by atoms with Crippen LogP contribution in [0.15, 0.2) is 12.2 Å². The highest BCUT2D eigenvalue weighted by molar-refractivity contribution is 7.09. The summed E-state index contributed by atoms with van der Waals surface area (Å²) in [5, 5.41) is 0. The van der Waals surface area contributed by atoms with Crippen molar-refractivity contribution < 1.29 is 4.52 Å². The molecule has 0 spiro atoms. The molecular formula is C30H53OP. The van der Waals surface area contributed by atoms with Gasteiger partial charge in [-0.3, -0.25) is 0 Å². The van der Waals surface area contributed by atoms with Crippen LogP contribution in [0.5, 0.6) is 0 Å². The molecule has 0 radical (unpaired) electrons. The number of fused-ring (bicyclic) bond motifs is 5. The molecule has 0 aliphatic heterocycles. The molecule has 4 rings (SSSR count). The average molecular weight is 461 g/mol. The van der Waals surface area contributed by atoms with Crippen LogP contribution in [-0.4, -0.2) is 6.10 Å². The van der Waals surface area contributed by atoms with E-state index in [9.17, 15) is 0 Å². The van der Waals surface area contributed by atoms with Gasteiger partial charge in [0.1, 0.15) is 0 Å². The van der Waals surface area contributed by atoms with Crippen molar-refractivity contribution in [3.05, 3.63) is 12.2 Å². The molecule has 4 aliphatic rings. The third-order valence-electron chi connectivity index (χ3n) is 11.8. The number of allylic oxidation sites excluding steroid dienone is 2. The molecule has 4 aliphatic carbocycles. The second kappa shape index (κ2) is 9.64. The Balaban J connectivity index is 1.56. The van der Waals surface area contributed by atoms with Gasteiger partial charge in [-0.05, 0) is 115 Å². The SMILES string of the molecule is CC[C@H](/C=C/[C@@H](C)[C@H]1CCC2[C@@H]3C(OP)C[C@@H]4C[C@H](C)CC[C@]4(C)C3CC[C@@]21C)C(C)C. The van der Waals surface area contributed by atoms with Crippen LogP contribution < -0.4 is 0 Å². The van der Waals surface area contributed by atoms with Crippen LogP contribution in [0.3, 0.4) is 0 Å². The third kappa shape index (κ3) is 4.19. The maximum Gasteiger partial charge on any atom is 0.0647 e. The minimum absolute atomic E-state index is 0.466. The Kier molecular flexibility index (Phi) is 7.60. The predicted molar refractivity (Wildman–Crippen MR) is 141 cm³/mol. The molecule has 0 aromatic heterocycles. The van der Waals surface area contributed by atoms with Gasteiger partial charge in [0.05, 0.1) is 6.10 Å². The van der Waals surface area contributed by atoms with E-state index in [-0.39, 0.29) is 0 Å². The number of rotatable bonds is 6. The van der Waals surface area contributed by atoms with Crippen LogP contribution in [0.1, 0.15) is 106 Å². The van der Waals surface area contributed by atoms with Crippen molar-refractivity contribution >= 4 is 9.47 Å². The Morgan fingerprint density at radius 1 is 0.938 bits per heavy atom. The maximum absolute atomic E-state index is 6.26. The number of hydrogen-bond donors (Lipinski definition) is 0. The Bertz CT molecular complexity index is 672. The molecule has 1 nitrogen and oxygen atoms in total. The zero-order valence-electron chi connectivity index (χ0n) is 22.3. The van der Waals surface area contributed by atoms with Crippen LogP contribution in [0, 0.1) is 64.1 Å². The van der Waals surface area contributed by atoms with Crippen molar-refractivity contribution in [1.29, 1.82) is 0 Å². The molecule has 4 fully saturated rings. The lowest BCUT2D eigenvalue weighted by molar-refractivity contribution is -0.158. The standard InChI is InChI=1S/C30H53OP/c1-8-22(19(2)3)10-9-21(5)24-11-12-25-28-26(14-16-30(24,25)7)29(6)15-13-20(4)17-23(29)18-27(28)31-32/h9-10,19-28H,8,11-18,32H2,1-7H3/b10-9+/t20-,21-,22-,23+,24-,25?,26?,27?,28+,29+,30-/m1/s1. The molecule has 0 amide bonds. The highest BCUT2D eigenvalue weighted by atomic mass is 31.0. The molecule has 2 heteroatoms. The second-order valence-corrected chi connectivity index (χ2v) is 13.8. The van der Waals surface area contributed by atoms with Gasteiger partial charge in [-0.15, -0.1) is 0 Å². The van der Waals surface area contributed by atoms with Gasteiger partial charge in [0.2, 0.25) is 0 Å². The van der Waals surface area contributed by atoms with E-state index >= 15 is 0 Å². The second-order valence-electron chi connectivity index (χ2n) is 13.6. The average Bonchev–Trinajstić information content (AvgIpc) is 3.11. The van der Waals surface area contributed by atoms with E-state index in [1.54, 1.807) is 0 Å². The van der Waals surface area contributed by atoms with Crippen molar-refractivity contribution in [3.63, 3.8) is 0 Å². The lowest BCUT2D eigenvalue weighted by Crippen LogP contribution is -2.58. The Labute approximate surface area is 202 Å². The van der Waals surface area contributed by atoms with Crippen molar-refractivity contribution in [3.8, 4) is 0 Å². The zero-order valence-corrected chi connectivity index (χ0v) is 23.4. The molecule has 12 atom stereocenters. The third-order valence-corrected chi connectivity index (χ3v) is 12.1. The largest absolute Gasteiger partial charge is 0.362 e. The zero-order chi connectivity index (χ0) is 23.3. The smallest absolute Gasteiger partial charge is 0.0647 e. The van der Waals surface area contributed by atoms with Gasteiger partial charge in [0.15, 0.2) is 0 Å². The minimum atomic E-state index is 0.466. The fraction of sp³-hybridized carbons (Fsp3) is 0.933. The molecule has 0 N–H and O–H groups in total. The number of hydrogen-bond acceptors (Lipinski definition) is 1. The fourth-order valence-corrected chi connectivity index (χ4v) is 10.0. The van der Waals surface area contributed by atoms with Gasteiger partial charge in [0.25, 0.3) is 0 Å². The lowest BCUT2D eigenvalue weighted by Gasteiger charge is -2.63. The van der Waals surface area contributed by atoms with Crippen LogP contribution >= 0.6 is 9.47 Å².